The van der Waals surface area contributed by atoms with Crippen molar-refractivity contribution >= 4 is 17.2 Å². The van der Waals surface area contributed by atoms with Crippen LogP contribution in [0, 0.1) is 0 Å². The van der Waals surface area contributed by atoms with E-state index in [1.807, 2.05) is 29.6 Å². The van der Waals surface area contributed by atoms with Crippen LogP contribution >= 0.6 is 11.3 Å². The van der Waals surface area contributed by atoms with E-state index >= 15 is 0 Å². The molecule has 6 nitrogen and oxygen atoms in total. The van der Waals surface area contributed by atoms with E-state index in [4.69, 9.17) is 0 Å². The lowest BCUT2D eigenvalue weighted by molar-refractivity contribution is -0.121. The Labute approximate surface area is 142 Å². The number of rotatable bonds is 6. The molecule has 0 fully saturated rings. The molecule has 122 valence electrons. The van der Waals surface area contributed by atoms with Crippen LogP contribution in [-0.4, -0.2) is 27.2 Å². The van der Waals surface area contributed by atoms with Gasteiger partial charge in [-0.15, -0.1) is 11.3 Å². The van der Waals surface area contributed by atoms with Crippen LogP contribution in [0.25, 0.3) is 10.6 Å². The molecule has 0 aromatic carbocycles. The summed E-state index contributed by atoms with van der Waals surface area (Å²) in [6.45, 7) is 0.413. The molecule has 1 N–H and O–H groups in total. The second-order valence-corrected chi connectivity index (χ2v) is 6.09. The highest BCUT2D eigenvalue weighted by molar-refractivity contribution is 7.13. The minimum atomic E-state index is -0.292. The lowest BCUT2D eigenvalue weighted by Gasteiger charge is -2.07. The lowest BCUT2D eigenvalue weighted by atomic mass is 10.2. The standard InChI is InChI=1S/C17H16N4O2S/c22-16(19-10-7-13-5-8-18-9-6-13)12-21-17(23)4-3-14(20-21)15-2-1-11-24-15/h1-6,8-9,11H,7,10,12H2,(H,19,22). The smallest absolute Gasteiger partial charge is 0.267 e. The summed E-state index contributed by atoms with van der Waals surface area (Å²) in [7, 11) is 0. The van der Waals surface area contributed by atoms with Crippen LogP contribution in [0.3, 0.4) is 0 Å². The van der Waals surface area contributed by atoms with E-state index in [9.17, 15) is 9.59 Å². The molecule has 0 aliphatic rings. The fraction of sp³-hybridized carbons (Fsp3) is 0.176. The number of aromatic nitrogens is 3. The first-order valence-corrected chi connectivity index (χ1v) is 8.38. The second-order valence-electron chi connectivity index (χ2n) is 5.15. The Bertz CT molecular complexity index is 860. The van der Waals surface area contributed by atoms with Gasteiger partial charge in [0.15, 0.2) is 0 Å². The lowest BCUT2D eigenvalue weighted by Crippen LogP contribution is -2.34. The SMILES string of the molecule is O=C(Cn1nc(-c2cccs2)ccc1=O)NCCc1ccncc1. The molecular weight excluding hydrogens is 324 g/mol. The third kappa shape index (κ3) is 4.14. The Hall–Kier alpha value is -2.80. The normalized spacial score (nSPS) is 10.5. The van der Waals surface area contributed by atoms with E-state index in [0.29, 0.717) is 18.7 Å². The summed E-state index contributed by atoms with van der Waals surface area (Å²) in [4.78, 5) is 28.8. The van der Waals surface area contributed by atoms with Gasteiger partial charge in [-0.3, -0.25) is 14.6 Å². The molecule has 24 heavy (non-hydrogen) atoms. The van der Waals surface area contributed by atoms with E-state index in [2.05, 4.69) is 15.4 Å². The van der Waals surface area contributed by atoms with Gasteiger partial charge in [-0.2, -0.15) is 5.10 Å². The van der Waals surface area contributed by atoms with Gasteiger partial charge in [0.2, 0.25) is 5.91 Å². The van der Waals surface area contributed by atoms with E-state index in [-0.39, 0.29) is 18.0 Å². The van der Waals surface area contributed by atoms with E-state index < -0.39 is 0 Å². The molecule has 0 saturated carbocycles. The first-order valence-electron chi connectivity index (χ1n) is 7.50. The van der Waals surface area contributed by atoms with E-state index in [1.54, 1.807) is 18.5 Å². The van der Waals surface area contributed by atoms with Crippen molar-refractivity contribution in [2.45, 2.75) is 13.0 Å². The molecule has 0 atom stereocenters. The molecule has 0 aliphatic carbocycles. The van der Waals surface area contributed by atoms with Gasteiger partial charge in [0.1, 0.15) is 12.2 Å². The fourth-order valence-corrected chi connectivity index (χ4v) is 2.90. The van der Waals surface area contributed by atoms with Crippen LogP contribution in [0.5, 0.6) is 0 Å². The number of carbonyl (C=O) groups excluding carboxylic acids is 1. The number of hydrogen-bond donors (Lipinski definition) is 1. The summed E-state index contributed by atoms with van der Waals surface area (Å²) in [6.07, 6.45) is 4.15. The average molecular weight is 340 g/mol. The number of carbonyl (C=O) groups is 1. The van der Waals surface area contributed by atoms with Crippen molar-refractivity contribution in [3.8, 4) is 10.6 Å². The van der Waals surface area contributed by atoms with Crippen LogP contribution < -0.4 is 10.9 Å². The van der Waals surface area contributed by atoms with Crippen LogP contribution in [0.15, 0.2) is 59.0 Å². The number of hydrogen-bond acceptors (Lipinski definition) is 5. The molecule has 3 aromatic rings. The maximum Gasteiger partial charge on any atom is 0.267 e. The first-order chi connectivity index (χ1) is 11.7. The van der Waals surface area contributed by atoms with Crippen molar-refractivity contribution in [3.05, 3.63) is 70.1 Å². The zero-order valence-corrected chi connectivity index (χ0v) is 13.7. The van der Waals surface area contributed by atoms with Gasteiger partial charge in [-0.05, 0) is 41.6 Å². The molecule has 0 spiro atoms. The van der Waals surface area contributed by atoms with Crippen molar-refractivity contribution < 1.29 is 4.79 Å². The molecule has 3 aromatic heterocycles. The van der Waals surface area contributed by atoms with Crippen molar-refractivity contribution in [3.63, 3.8) is 0 Å². The minimum Gasteiger partial charge on any atom is -0.354 e. The monoisotopic (exact) mass is 340 g/mol. The molecule has 0 bridgehead atoms. The number of thiophene rings is 1. The maximum absolute atomic E-state index is 12.0. The van der Waals surface area contributed by atoms with Gasteiger partial charge < -0.3 is 5.32 Å². The largest absolute Gasteiger partial charge is 0.354 e. The van der Waals surface area contributed by atoms with Crippen molar-refractivity contribution in [1.29, 1.82) is 0 Å². The summed E-state index contributed by atoms with van der Waals surface area (Å²) in [5, 5.41) is 9.01. The average Bonchev–Trinajstić information content (AvgIpc) is 3.12. The molecule has 3 rings (SSSR count). The topological polar surface area (TPSA) is 76.9 Å². The Balaban J connectivity index is 1.60. The van der Waals surface area contributed by atoms with Crippen LogP contribution in [-0.2, 0) is 17.8 Å². The van der Waals surface area contributed by atoms with Crippen LogP contribution in [0.1, 0.15) is 5.56 Å². The number of nitrogens with one attached hydrogen (secondary N) is 1. The summed E-state index contributed by atoms with van der Waals surface area (Å²) < 4.78 is 1.19. The fourth-order valence-electron chi connectivity index (χ4n) is 2.21. The molecule has 7 heteroatoms. The highest BCUT2D eigenvalue weighted by Crippen LogP contribution is 2.20. The van der Waals surface area contributed by atoms with Gasteiger partial charge in [-0.25, -0.2) is 4.68 Å². The predicted molar refractivity (Wildman–Crippen MR) is 92.8 cm³/mol. The highest BCUT2D eigenvalue weighted by Gasteiger charge is 2.08. The van der Waals surface area contributed by atoms with Crippen LogP contribution in [0.4, 0.5) is 0 Å². The number of nitrogens with zero attached hydrogens (tertiary/aromatic N) is 3. The molecule has 3 heterocycles. The zero-order chi connectivity index (χ0) is 16.8. The molecule has 0 radical (unpaired) electrons. The third-order valence-corrected chi connectivity index (χ3v) is 4.31. The quantitative estimate of drug-likeness (QED) is 0.741. The molecule has 0 aliphatic heterocycles. The van der Waals surface area contributed by atoms with Crippen molar-refractivity contribution in [2.75, 3.05) is 6.54 Å². The van der Waals surface area contributed by atoms with Gasteiger partial charge in [0.05, 0.1) is 4.88 Å². The van der Waals surface area contributed by atoms with Gasteiger partial charge in [0, 0.05) is 25.0 Å². The first kappa shape index (κ1) is 16.1. The minimum absolute atomic E-state index is 0.0889. The maximum atomic E-state index is 12.0. The van der Waals surface area contributed by atoms with Crippen LogP contribution in [0.2, 0.25) is 0 Å². The Morgan fingerprint density at radius 1 is 1.17 bits per heavy atom. The summed E-state index contributed by atoms with van der Waals surface area (Å²) >= 11 is 1.54. The zero-order valence-electron chi connectivity index (χ0n) is 12.9. The Morgan fingerprint density at radius 3 is 2.75 bits per heavy atom. The summed E-state index contributed by atoms with van der Waals surface area (Å²) in [5.41, 5.74) is 1.49. The molecule has 0 saturated heterocycles. The van der Waals surface area contributed by atoms with Crippen molar-refractivity contribution in [2.24, 2.45) is 0 Å². The van der Waals surface area contributed by atoms with Gasteiger partial charge >= 0.3 is 0 Å². The highest BCUT2D eigenvalue weighted by atomic mass is 32.1. The number of amides is 1. The molecular formula is C17H16N4O2S. The van der Waals surface area contributed by atoms with Gasteiger partial charge in [0.25, 0.3) is 5.56 Å². The van der Waals surface area contributed by atoms with Crippen molar-refractivity contribution in [1.82, 2.24) is 20.1 Å². The number of pyridine rings is 1. The second kappa shape index (κ2) is 7.65. The van der Waals surface area contributed by atoms with E-state index in [0.717, 1.165) is 10.4 Å². The summed E-state index contributed by atoms with van der Waals surface area (Å²) in [6, 6.07) is 10.8. The molecule has 0 unspecified atom stereocenters. The Morgan fingerprint density at radius 2 is 2.00 bits per heavy atom. The molecule has 1 amide bonds. The predicted octanol–water partition coefficient (Wildman–Crippen LogP) is 1.73. The Kier molecular flexibility index (Phi) is 5.12. The third-order valence-electron chi connectivity index (χ3n) is 3.42. The van der Waals surface area contributed by atoms with Gasteiger partial charge in [-0.1, -0.05) is 6.07 Å². The summed E-state index contributed by atoms with van der Waals surface area (Å²) in [5.74, 6) is -0.234. The van der Waals surface area contributed by atoms with E-state index in [1.165, 1.54) is 22.1 Å².